The van der Waals surface area contributed by atoms with Crippen molar-refractivity contribution in [1.29, 1.82) is 0 Å². The first-order valence-electron chi connectivity index (χ1n) is 6.88. The van der Waals surface area contributed by atoms with Crippen LogP contribution >= 0.6 is 0 Å². The maximum absolute atomic E-state index is 9.53. The number of imidazole rings is 1. The van der Waals surface area contributed by atoms with Gasteiger partial charge in [-0.15, -0.1) is 0 Å². The van der Waals surface area contributed by atoms with Crippen LogP contribution in [0.3, 0.4) is 0 Å². The quantitative estimate of drug-likeness (QED) is 0.877. The van der Waals surface area contributed by atoms with Crippen molar-refractivity contribution in [3.63, 3.8) is 0 Å². The largest absolute Gasteiger partial charge is 0.393 e. The van der Waals surface area contributed by atoms with Crippen molar-refractivity contribution in [2.75, 3.05) is 5.32 Å². The molecular formula is C13H19N5O. The molecule has 6 heteroatoms. The van der Waals surface area contributed by atoms with E-state index in [4.69, 9.17) is 0 Å². The number of aromatic nitrogens is 4. The van der Waals surface area contributed by atoms with Crippen molar-refractivity contribution >= 4 is 17.0 Å². The number of aryl methyl sites for hydroxylation is 1. The summed E-state index contributed by atoms with van der Waals surface area (Å²) >= 11 is 0. The Morgan fingerprint density at radius 3 is 2.79 bits per heavy atom. The molecule has 2 aromatic rings. The van der Waals surface area contributed by atoms with E-state index < -0.39 is 0 Å². The molecule has 102 valence electrons. The van der Waals surface area contributed by atoms with E-state index >= 15 is 0 Å². The van der Waals surface area contributed by atoms with Gasteiger partial charge >= 0.3 is 0 Å². The minimum atomic E-state index is -0.136. The highest BCUT2D eigenvalue weighted by Gasteiger charge is 2.20. The van der Waals surface area contributed by atoms with Gasteiger partial charge in [-0.05, 0) is 32.6 Å². The third kappa shape index (κ3) is 2.40. The Morgan fingerprint density at radius 1 is 1.26 bits per heavy atom. The van der Waals surface area contributed by atoms with Crippen LogP contribution in [0.5, 0.6) is 0 Å². The Hall–Kier alpha value is -1.69. The Balaban J connectivity index is 1.83. The zero-order valence-corrected chi connectivity index (χ0v) is 11.1. The van der Waals surface area contributed by atoms with Gasteiger partial charge in [-0.3, -0.25) is 0 Å². The lowest BCUT2D eigenvalue weighted by molar-refractivity contribution is 0.126. The third-order valence-electron chi connectivity index (χ3n) is 3.78. The molecule has 0 aliphatic heterocycles. The second kappa shape index (κ2) is 5.13. The van der Waals surface area contributed by atoms with E-state index in [1.165, 1.54) is 0 Å². The summed E-state index contributed by atoms with van der Waals surface area (Å²) < 4.78 is 2.01. The van der Waals surface area contributed by atoms with Crippen LogP contribution < -0.4 is 5.32 Å². The van der Waals surface area contributed by atoms with Crippen LogP contribution in [-0.4, -0.2) is 36.8 Å². The molecule has 1 fully saturated rings. The summed E-state index contributed by atoms with van der Waals surface area (Å²) in [5.41, 5.74) is 1.70. The number of anilines is 1. The van der Waals surface area contributed by atoms with Crippen molar-refractivity contribution < 1.29 is 5.11 Å². The summed E-state index contributed by atoms with van der Waals surface area (Å²) in [6.45, 7) is 2.92. The molecule has 0 spiro atoms. The van der Waals surface area contributed by atoms with Crippen molar-refractivity contribution in [3.8, 4) is 0 Å². The fraction of sp³-hybridized carbons (Fsp3) is 0.615. The molecule has 0 amide bonds. The molecule has 2 N–H and O–H groups in total. The number of aliphatic hydroxyl groups excluding tert-OH is 1. The van der Waals surface area contributed by atoms with Crippen LogP contribution in [0.4, 0.5) is 5.82 Å². The molecular weight excluding hydrogens is 242 g/mol. The summed E-state index contributed by atoms with van der Waals surface area (Å²) in [7, 11) is 0. The van der Waals surface area contributed by atoms with Gasteiger partial charge in [0.1, 0.15) is 11.8 Å². The van der Waals surface area contributed by atoms with Gasteiger partial charge in [-0.2, -0.15) is 0 Å². The second-order valence-corrected chi connectivity index (χ2v) is 5.07. The molecule has 0 bridgehead atoms. The average Bonchev–Trinajstić information content (AvgIpc) is 2.85. The third-order valence-corrected chi connectivity index (χ3v) is 3.78. The molecule has 1 aliphatic rings. The molecule has 0 atom stereocenters. The Kier molecular flexibility index (Phi) is 3.33. The first-order chi connectivity index (χ1) is 9.28. The number of hydrogen-bond acceptors (Lipinski definition) is 5. The van der Waals surface area contributed by atoms with Gasteiger partial charge in [-0.25, -0.2) is 15.0 Å². The first-order valence-corrected chi connectivity index (χ1v) is 6.88. The molecule has 0 saturated heterocycles. The van der Waals surface area contributed by atoms with Gasteiger partial charge in [0.05, 0.1) is 12.4 Å². The summed E-state index contributed by atoms with van der Waals surface area (Å²) in [5, 5.41) is 13.0. The molecule has 0 unspecified atom stereocenters. The molecule has 6 nitrogen and oxygen atoms in total. The smallest absolute Gasteiger partial charge is 0.165 e. The lowest BCUT2D eigenvalue weighted by atomic mass is 9.93. The number of aliphatic hydroxyl groups is 1. The summed E-state index contributed by atoms with van der Waals surface area (Å²) in [4.78, 5) is 13.0. The standard InChI is InChI=1S/C13H19N5O/c1-2-18-8-16-11-12(14-7-15-13(11)18)17-9-3-5-10(19)6-4-9/h7-10,19H,2-6H2,1H3,(H,14,15,17). The summed E-state index contributed by atoms with van der Waals surface area (Å²) in [6.07, 6.45) is 6.90. The van der Waals surface area contributed by atoms with Gasteiger partial charge in [0.15, 0.2) is 11.5 Å². The second-order valence-electron chi connectivity index (χ2n) is 5.07. The monoisotopic (exact) mass is 261 g/mol. The highest BCUT2D eigenvalue weighted by atomic mass is 16.3. The topological polar surface area (TPSA) is 75.9 Å². The first kappa shape index (κ1) is 12.3. The van der Waals surface area contributed by atoms with Crippen LogP contribution in [0.2, 0.25) is 0 Å². The van der Waals surface area contributed by atoms with Crippen LogP contribution in [0, 0.1) is 0 Å². The van der Waals surface area contributed by atoms with Crippen molar-refractivity contribution in [1.82, 2.24) is 19.5 Å². The molecule has 2 aromatic heterocycles. The highest BCUT2D eigenvalue weighted by Crippen LogP contribution is 2.24. The van der Waals surface area contributed by atoms with E-state index in [1.54, 1.807) is 12.7 Å². The number of rotatable bonds is 3. The predicted octanol–water partition coefficient (Wildman–Crippen LogP) is 1.56. The zero-order valence-electron chi connectivity index (χ0n) is 11.1. The van der Waals surface area contributed by atoms with E-state index in [0.717, 1.165) is 49.2 Å². The maximum Gasteiger partial charge on any atom is 0.165 e. The number of hydrogen-bond donors (Lipinski definition) is 2. The van der Waals surface area contributed by atoms with Gasteiger partial charge < -0.3 is 15.0 Å². The van der Waals surface area contributed by atoms with Crippen LogP contribution in [-0.2, 0) is 6.54 Å². The number of nitrogens with one attached hydrogen (secondary N) is 1. The van der Waals surface area contributed by atoms with E-state index in [-0.39, 0.29) is 6.10 Å². The number of nitrogens with zero attached hydrogens (tertiary/aromatic N) is 4. The lowest BCUT2D eigenvalue weighted by Gasteiger charge is -2.26. The zero-order chi connectivity index (χ0) is 13.2. The van der Waals surface area contributed by atoms with Gasteiger partial charge in [-0.1, -0.05) is 0 Å². The van der Waals surface area contributed by atoms with E-state index in [1.807, 2.05) is 4.57 Å². The van der Waals surface area contributed by atoms with Crippen molar-refractivity contribution in [2.24, 2.45) is 0 Å². The Bertz CT molecular complexity index is 559. The average molecular weight is 261 g/mol. The molecule has 3 rings (SSSR count). The molecule has 1 saturated carbocycles. The van der Waals surface area contributed by atoms with Crippen LogP contribution in [0.25, 0.3) is 11.2 Å². The predicted molar refractivity (Wildman–Crippen MR) is 72.9 cm³/mol. The van der Waals surface area contributed by atoms with Gasteiger partial charge in [0, 0.05) is 12.6 Å². The molecule has 0 aromatic carbocycles. The van der Waals surface area contributed by atoms with E-state index in [2.05, 4.69) is 27.2 Å². The minimum Gasteiger partial charge on any atom is -0.393 e. The van der Waals surface area contributed by atoms with Crippen LogP contribution in [0.15, 0.2) is 12.7 Å². The fourth-order valence-electron chi connectivity index (χ4n) is 2.63. The normalized spacial score (nSPS) is 23.7. The van der Waals surface area contributed by atoms with E-state index in [0.29, 0.717) is 6.04 Å². The minimum absolute atomic E-state index is 0.136. The lowest BCUT2D eigenvalue weighted by Crippen LogP contribution is -2.28. The van der Waals surface area contributed by atoms with Crippen LogP contribution in [0.1, 0.15) is 32.6 Å². The summed E-state index contributed by atoms with van der Waals surface area (Å²) in [5.74, 6) is 0.804. The molecule has 1 aliphatic carbocycles. The molecule has 19 heavy (non-hydrogen) atoms. The SMILES string of the molecule is CCn1cnc2c(NC3CCC(O)CC3)ncnc21. The van der Waals surface area contributed by atoms with Crippen molar-refractivity contribution in [2.45, 2.75) is 51.3 Å². The number of fused-ring (bicyclic) bond motifs is 1. The van der Waals surface area contributed by atoms with Gasteiger partial charge in [0.2, 0.25) is 0 Å². The van der Waals surface area contributed by atoms with Gasteiger partial charge in [0.25, 0.3) is 0 Å². The van der Waals surface area contributed by atoms with E-state index in [9.17, 15) is 5.11 Å². The highest BCUT2D eigenvalue weighted by molar-refractivity contribution is 5.82. The maximum atomic E-state index is 9.53. The Morgan fingerprint density at radius 2 is 2.05 bits per heavy atom. The fourth-order valence-corrected chi connectivity index (χ4v) is 2.63. The molecule has 0 radical (unpaired) electrons. The summed E-state index contributed by atoms with van der Waals surface area (Å²) in [6, 6.07) is 0.369. The van der Waals surface area contributed by atoms with Crippen molar-refractivity contribution in [3.05, 3.63) is 12.7 Å². The molecule has 2 heterocycles. The Labute approximate surface area is 111 Å².